The Hall–Kier alpha value is -2.31. The van der Waals surface area contributed by atoms with Crippen LogP contribution in [-0.4, -0.2) is 30.6 Å². The number of furan rings is 1. The zero-order chi connectivity index (χ0) is 17.7. The van der Waals surface area contributed by atoms with E-state index in [0.29, 0.717) is 17.4 Å². The fraction of sp³-hybridized carbons (Fsp3) is 0.588. The van der Waals surface area contributed by atoms with E-state index in [-0.39, 0.29) is 11.6 Å². The van der Waals surface area contributed by atoms with Crippen LogP contribution in [-0.2, 0) is 9.53 Å². The first kappa shape index (κ1) is 18.0. The van der Waals surface area contributed by atoms with Gasteiger partial charge in [-0.3, -0.25) is 10.1 Å². The molecule has 24 heavy (non-hydrogen) atoms. The fourth-order valence-corrected chi connectivity index (χ4v) is 2.94. The largest absolute Gasteiger partial charge is 0.466 e. The molecular formula is C17H24N2O5. The van der Waals surface area contributed by atoms with Gasteiger partial charge >= 0.3 is 12.0 Å². The van der Waals surface area contributed by atoms with E-state index >= 15 is 0 Å². The van der Waals surface area contributed by atoms with Crippen LogP contribution in [0.3, 0.4) is 0 Å². The van der Waals surface area contributed by atoms with Crippen molar-refractivity contribution in [2.45, 2.75) is 52.5 Å². The van der Waals surface area contributed by atoms with E-state index in [4.69, 9.17) is 9.15 Å². The van der Waals surface area contributed by atoms with Crippen molar-refractivity contribution in [3.05, 3.63) is 23.2 Å². The number of carbonyl (C=O) groups is 3. The summed E-state index contributed by atoms with van der Waals surface area (Å²) in [5.41, 5.74) is 0.279. The number of hydrogen-bond donors (Lipinski definition) is 2. The van der Waals surface area contributed by atoms with Gasteiger partial charge in [-0.2, -0.15) is 0 Å². The molecule has 7 heteroatoms. The summed E-state index contributed by atoms with van der Waals surface area (Å²) in [4.78, 5) is 35.4. The Kier molecular flexibility index (Phi) is 6.00. The molecule has 2 atom stereocenters. The van der Waals surface area contributed by atoms with Gasteiger partial charge in [-0.05, 0) is 38.7 Å². The standard InChI is InChI=1S/C17H24N2O5/c1-10-6-4-5-7-14(10)18-17(22)19-15(20)9-23-16(21)13-8-11(2)24-12(13)3/h8,10,14H,4-7,9H2,1-3H3,(H2,18,19,20,22)/t10-,14-/m1/s1. The first-order chi connectivity index (χ1) is 11.4. The quantitative estimate of drug-likeness (QED) is 0.823. The van der Waals surface area contributed by atoms with Gasteiger partial charge in [0.2, 0.25) is 0 Å². The van der Waals surface area contributed by atoms with Gasteiger partial charge in [-0.25, -0.2) is 9.59 Å². The van der Waals surface area contributed by atoms with E-state index in [9.17, 15) is 14.4 Å². The molecule has 0 aliphatic heterocycles. The monoisotopic (exact) mass is 336 g/mol. The summed E-state index contributed by atoms with van der Waals surface area (Å²) < 4.78 is 10.1. The van der Waals surface area contributed by atoms with E-state index < -0.39 is 24.5 Å². The van der Waals surface area contributed by atoms with Crippen molar-refractivity contribution < 1.29 is 23.5 Å². The minimum atomic E-state index is -0.665. The lowest BCUT2D eigenvalue weighted by molar-refractivity contribution is -0.123. The van der Waals surface area contributed by atoms with Crippen molar-refractivity contribution in [1.29, 1.82) is 0 Å². The lowest BCUT2D eigenvalue weighted by Gasteiger charge is -2.29. The highest BCUT2D eigenvalue weighted by Crippen LogP contribution is 2.23. The van der Waals surface area contributed by atoms with Gasteiger partial charge in [-0.15, -0.1) is 0 Å². The number of esters is 1. The zero-order valence-corrected chi connectivity index (χ0v) is 14.3. The molecule has 1 aliphatic rings. The molecule has 0 bridgehead atoms. The number of urea groups is 1. The van der Waals surface area contributed by atoms with E-state index in [1.807, 2.05) is 0 Å². The van der Waals surface area contributed by atoms with Crippen molar-refractivity contribution in [1.82, 2.24) is 10.6 Å². The Morgan fingerprint density at radius 2 is 1.96 bits per heavy atom. The lowest BCUT2D eigenvalue weighted by atomic mass is 9.86. The SMILES string of the molecule is Cc1cc(C(=O)OCC(=O)NC(=O)N[C@@H]2CCCC[C@H]2C)c(C)o1. The second kappa shape index (κ2) is 7.99. The Labute approximate surface area is 141 Å². The average molecular weight is 336 g/mol. The molecule has 7 nitrogen and oxygen atoms in total. The molecule has 0 radical (unpaired) electrons. The van der Waals surface area contributed by atoms with Crippen molar-refractivity contribution in [3.8, 4) is 0 Å². The molecule has 2 rings (SSSR count). The van der Waals surface area contributed by atoms with E-state index in [0.717, 1.165) is 19.3 Å². The normalized spacial score (nSPS) is 20.3. The molecule has 0 unspecified atom stereocenters. The van der Waals surface area contributed by atoms with Crippen molar-refractivity contribution in [2.24, 2.45) is 5.92 Å². The summed E-state index contributed by atoms with van der Waals surface area (Å²) in [5.74, 6) is 0.0968. The minimum absolute atomic E-state index is 0.0747. The van der Waals surface area contributed by atoms with E-state index in [1.165, 1.54) is 6.42 Å². The number of rotatable bonds is 4. The number of ether oxygens (including phenoxy) is 1. The molecule has 0 aromatic carbocycles. The Bertz CT molecular complexity index is 622. The smallest absolute Gasteiger partial charge is 0.342 e. The Morgan fingerprint density at radius 3 is 2.58 bits per heavy atom. The van der Waals surface area contributed by atoms with Crippen LogP contribution in [0, 0.1) is 19.8 Å². The zero-order valence-electron chi connectivity index (χ0n) is 14.3. The maximum Gasteiger partial charge on any atom is 0.342 e. The topological polar surface area (TPSA) is 97.6 Å². The third-order valence-corrected chi connectivity index (χ3v) is 4.28. The number of carbonyl (C=O) groups excluding carboxylic acids is 3. The summed E-state index contributed by atoms with van der Waals surface area (Å²) in [6.07, 6.45) is 4.23. The molecule has 0 saturated heterocycles. The Morgan fingerprint density at radius 1 is 1.25 bits per heavy atom. The van der Waals surface area contributed by atoms with Gasteiger partial charge in [0.05, 0.1) is 0 Å². The molecular weight excluding hydrogens is 312 g/mol. The maximum absolute atomic E-state index is 11.9. The number of hydrogen-bond acceptors (Lipinski definition) is 5. The first-order valence-corrected chi connectivity index (χ1v) is 8.21. The molecule has 2 N–H and O–H groups in total. The van der Waals surface area contributed by atoms with Crippen LogP contribution in [0.15, 0.2) is 10.5 Å². The highest BCUT2D eigenvalue weighted by Gasteiger charge is 2.23. The minimum Gasteiger partial charge on any atom is -0.466 e. The fourth-order valence-electron chi connectivity index (χ4n) is 2.94. The molecule has 1 saturated carbocycles. The van der Waals surface area contributed by atoms with E-state index in [1.54, 1.807) is 19.9 Å². The number of imide groups is 1. The predicted molar refractivity (Wildman–Crippen MR) is 86.6 cm³/mol. The first-order valence-electron chi connectivity index (χ1n) is 8.21. The maximum atomic E-state index is 11.9. The Balaban J connectivity index is 1.75. The molecule has 0 spiro atoms. The van der Waals surface area contributed by atoms with Crippen molar-refractivity contribution >= 4 is 17.9 Å². The average Bonchev–Trinajstić information content (AvgIpc) is 2.86. The molecule has 3 amide bonds. The van der Waals surface area contributed by atoms with Gasteiger partial charge in [0, 0.05) is 6.04 Å². The molecule has 1 fully saturated rings. The van der Waals surface area contributed by atoms with Crippen LogP contribution < -0.4 is 10.6 Å². The van der Waals surface area contributed by atoms with Gasteiger partial charge < -0.3 is 14.5 Å². The highest BCUT2D eigenvalue weighted by molar-refractivity contribution is 5.97. The van der Waals surface area contributed by atoms with Gasteiger partial charge in [0.1, 0.15) is 17.1 Å². The molecule has 1 aliphatic carbocycles. The number of nitrogens with one attached hydrogen (secondary N) is 2. The van der Waals surface area contributed by atoms with Crippen molar-refractivity contribution in [2.75, 3.05) is 6.61 Å². The number of aryl methyl sites for hydroxylation is 2. The summed E-state index contributed by atoms with van der Waals surface area (Å²) in [6, 6.07) is 1.07. The van der Waals surface area contributed by atoms with Crippen LogP contribution in [0.5, 0.6) is 0 Å². The summed E-state index contributed by atoms with van der Waals surface area (Å²) in [5, 5.41) is 4.99. The predicted octanol–water partition coefficient (Wildman–Crippen LogP) is 2.46. The van der Waals surface area contributed by atoms with Gasteiger partial charge in [0.25, 0.3) is 5.91 Å². The second-order valence-corrected chi connectivity index (χ2v) is 6.29. The summed E-state index contributed by atoms with van der Waals surface area (Å²) in [6.45, 7) is 4.93. The van der Waals surface area contributed by atoms with Gasteiger partial charge in [0.15, 0.2) is 6.61 Å². The third kappa shape index (κ3) is 4.84. The lowest BCUT2D eigenvalue weighted by Crippen LogP contribution is -2.48. The van der Waals surface area contributed by atoms with Crippen LogP contribution in [0.25, 0.3) is 0 Å². The van der Waals surface area contributed by atoms with Crippen molar-refractivity contribution in [3.63, 3.8) is 0 Å². The van der Waals surface area contributed by atoms with Crippen LogP contribution in [0.2, 0.25) is 0 Å². The summed E-state index contributed by atoms with van der Waals surface area (Å²) >= 11 is 0. The number of amides is 3. The molecule has 1 heterocycles. The van der Waals surface area contributed by atoms with Gasteiger partial charge in [-0.1, -0.05) is 19.8 Å². The second-order valence-electron chi connectivity index (χ2n) is 6.29. The van der Waals surface area contributed by atoms with Crippen LogP contribution in [0.4, 0.5) is 4.79 Å². The third-order valence-electron chi connectivity index (χ3n) is 4.28. The van der Waals surface area contributed by atoms with E-state index in [2.05, 4.69) is 17.6 Å². The van der Waals surface area contributed by atoms with Crippen LogP contribution in [0.1, 0.15) is 54.5 Å². The summed E-state index contributed by atoms with van der Waals surface area (Å²) in [7, 11) is 0. The molecule has 1 aromatic heterocycles. The van der Waals surface area contributed by atoms with Crippen LogP contribution >= 0.6 is 0 Å². The highest BCUT2D eigenvalue weighted by atomic mass is 16.5. The molecule has 132 valence electrons. The molecule has 1 aromatic rings.